The summed E-state index contributed by atoms with van der Waals surface area (Å²) in [7, 11) is 0. The Kier molecular flexibility index (Phi) is 4.39. The number of benzene rings is 1. The van der Waals surface area contributed by atoms with Gasteiger partial charge in [-0.2, -0.15) is 0 Å². The lowest BCUT2D eigenvalue weighted by atomic mass is 10.2. The van der Waals surface area contributed by atoms with Gasteiger partial charge in [-0.15, -0.1) is 11.8 Å². The fourth-order valence-corrected chi connectivity index (χ4v) is 2.41. The highest BCUT2D eigenvalue weighted by Gasteiger charge is 2.13. The number of aromatic nitrogens is 2. The number of nitrogen functional groups attached to an aromatic ring is 1. The molecule has 0 fully saturated rings. The Morgan fingerprint density at radius 1 is 1.16 bits per heavy atom. The SMILES string of the molecule is CC(O)C(C)Sc1cc(N)nc(-c2ccccc2)n1. The maximum Gasteiger partial charge on any atom is 0.162 e. The topological polar surface area (TPSA) is 72.0 Å². The van der Waals surface area contributed by atoms with E-state index >= 15 is 0 Å². The molecular formula is C14H17N3OS. The van der Waals surface area contributed by atoms with E-state index in [4.69, 9.17) is 5.73 Å². The smallest absolute Gasteiger partial charge is 0.162 e. The molecule has 2 rings (SSSR count). The molecule has 1 aromatic heterocycles. The van der Waals surface area contributed by atoms with Crippen molar-refractivity contribution in [2.75, 3.05) is 5.73 Å². The number of anilines is 1. The van der Waals surface area contributed by atoms with Crippen LogP contribution < -0.4 is 5.73 Å². The quantitative estimate of drug-likeness (QED) is 0.663. The number of thioether (sulfide) groups is 1. The van der Waals surface area contributed by atoms with E-state index in [0.717, 1.165) is 10.6 Å². The Morgan fingerprint density at radius 2 is 1.84 bits per heavy atom. The van der Waals surface area contributed by atoms with Crippen LogP contribution in [0, 0.1) is 0 Å². The van der Waals surface area contributed by atoms with E-state index in [2.05, 4.69) is 9.97 Å². The summed E-state index contributed by atoms with van der Waals surface area (Å²) in [6, 6.07) is 11.4. The zero-order valence-electron chi connectivity index (χ0n) is 10.9. The van der Waals surface area contributed by atoms with Gasteiger partial charge in [0.2, 0.25) is 0 Å². The summed E-state index contributed by atoms with van der Waals surface area (Å²) in [6.45, 7) is 3.72. The Balaban J connectivity index is 2.30. The number of hydrogen-bond acceptors (Lipinski definition) is 5. The molecule has 0 bridgehead atoms. The summed E-state index contributed by atoms with van der Waals surface area (Å²) in [5.41, 5.74) is 6.75. The minimum atomic E-state index is -0.402. The first kappa shape index (κ1) is 13.8. The van der Waals surface area contributed by atoms with Crippen LogP contribution in [0.15, 0.2) is 41.4 Å². The van der Waals surface area contributed by atoms with Gasteiger partial charge in [0.15, 0.2) is 5.82 Å². The molecular weight excluding hydrogens is 258 g/mol. The van der Waals surface area contributed by atoms with Crippen molar-refractivity contribution in [3.05, 3.63) is 36.4 Å². The molecule has 0 radical (unpaired) electrons. The minimum absolute atomic E-state index is 0.0536. The largest absolute Gasteiger partial charge is 0.392 e. The van der Waals surface area contributed by atoms with Crippen LogP contribution in [-0.4, -0.2) is 26.4 Å². The monoisotopic (exact) mass is 275 g/mol. The van der Waals surface area contributed by atoms with Gasteiger partial charge in [0.25, 0.3) is 0 Å². The highest BCUT2D eigenvalue weighted by molar-refractivity contribution is 7.99. The Morgan fingerprint density at radius 3 is 2.47 bits per heavy atom. The zero-order chi connectivity index (χ0) is 13.8. The minimum Gasteiger partial charge on any atom is -0.392 e. The van der Waals surface area contributed by atoms with E-state index in [1.165, 1.54) is 11.8 Å². The zero-order valence-corrected chi connectivity index (χ0v) is 11.8. The molecule has 2 unspecified atom stereocenters. The first-order chi connectivity index (χ1) is 9.06. The van der Waals surface area contributed by atoms with Crippen molar-refractivity contribution in [1.82, 2.24) is 9.97 Å². The molecule has 0 amide bonds. The number of aliphatic hydroxyl groups excluding tert-OH is 1. The normalized spacial score (nSPS) is 14.1. The molecule has 5 heteroatoms. The molecule has 0 aliphatic rings. The van der Waals surface area contributed by atoms with Gasteiger partial charge in [0.05, 0.1) is 6.10 Å². The molecule has 2 atom stereocenters. The standard InChI is InChI=1S/C14H17N3OS/c1-9(18)10(2)19-13-8-12(15)16-14(17-13)11-6-4-3-5-7-11/h3-10,18H,1-2H3,(H2,15,16,17). The highest BCUT2D eigenvalue weighted by atomic mass is 32.2. The number of hydrogen-bond donors (Lipinski definition) is 2. The predicted octanol–water partition coefficient (Wildman–Crippen LogP) is 2.59. The second-order valence-corrected chi connectivity index (χ2v) is 5.78. The van der Waals surface area contributed by atoms with E-state index in [1.54, 1.807) is 13.0 Å². The van der Waals surface area contributed by atoms with Crippen molar-refractivity contribution in [2.45, 2.75) is 30.2 Å². The summed E-state index contributed by atoms with van der Waals surface area (Å²) >= 11 is 1.49. The Hall–Kier alpha value is -1.59. The number of nitrogens with two attached hydrogens (primary N) is 1. The van der Waals surface area contributed by atoms with Crippen LogP contribution in [0.1, 0.15) is 13.8 Å². The molecule has 0 saturated carbocycles. The van der Waals surface area contributed by atoms with Crippen molar-refractivity contribution >= 4 is 17.6 Å². The summed E-state index contributed by atoms with van der Waals surface area (Å²) in [5, 5.41) is 10.4. The average Bonchev–Trinajstić information content (AvgIpc) is 2.39. The molecule has 0 spiro atoms. The fourth-order valence-electron chi connectivity index (χ4n) is 1.51. The lowest BCUT2D eigenvalue weighted by Crippen LogP contribution is -2.15. The van der Waals surface area contributed by atoms with E-state index in [0.29, 0.717) is 11.6 Å². The molecule has 0 aliphatic carbocycles. The molecule has 100 valence electrons. The molecule has 4 nitrogen and oxygen atoms in total. The van der Waals surface area contributed by atoms with Crippen molar-refractivity contribution in [2.24, 2.45) is 0 Å². The van der Waals surface area contributed by atoms with Crippen molar-refractivity contribution < 1.29 is 5.11 Å². The second-order valence-electron chi connectivity index (χ2n) is 4.38. The molecule has 3 N–H and O–H groups in total. The van der Waals surface area contributed by atoms with Gasteiger partial charge in [-0.1, -0.05) is 37.3 Å². The first-order valence-corrected chi connectivity index (χ1v) is 6.99. The molecule has 1 heterocycles. The van der Waals surface area contributed by atoms with Crippen LogP contribution in [0.2, 0.25) is 0 Å². The fraction of sp³-hybridized carbons (Fsp3) is 0.286. The number of aliphatic hydroxyl groups is 1. The van der Waals surface area contributed by atoms with Gasteiger partial charge >= 0.3 is 0 Å². The summed E-state index contributed by atoms with van der Waals surface area (Å²) in [6.07, 6.45) is -0.402. The molecule has 0 saturated heterocycles. The van der Waals surface area contributed by atoms with E-state index in [1.807, 2.05) is 37.3 Å². The van der Waals surface area contributed by atoms with Crippen LogP contribution in [0.25, 0.3) is 11.4 Å². The Bertz CT molecular complexity index is 546. The highest BCUT2D eigenvalue weighted by Crippen LogP contribution is 2.26. The van der Waals surface area contributed by atoms with Crippen LogP contribution in [-0.2, 0) is 0 Å². The molecule has 19 heavy (non-hydrogen) atoms. The van der Waals surface area contributed by atoms with Gasteiger partial charge < -0.3 is 10.8 Å². The van der Waals surface area contributed by atoms with Gasteiger partial charge in [0.1, 0.15) is 10.8 Å². The van der Waals surface area contributed by atoms with Gasteiger partial charge in [0, 0.05) is 16.9 Å². The van der Waals surface area contributed by atoms with Gasteiger partial charge in [-0.25, -0.2) is 9.97 Å². The van der Waals surface area contributed by atoms with E-state index in [9.17, 15) is 5.11 Å². The third-order valence-electron chi connectivity index (χ3n) is 2.74. The first-order valence-electron chi connectivity index (χ1n) is 6.11. The van der Waals surface area contributed by atoms with Crippen LogP contribution in [0.5, 0.6) is 0 Å². The maximum absolute atomic E-state index is 9.54. The molecule has 1 aromatic carbocycles. The number of rotatable bonds is 4. The second kappa shape index (κ2) is 6.04. The van der Waals surface area contributed by atoms with E-state index in [-0.39, 0.29) is 5.25 Å². The summed E-state index contributed by atoms with van der Waals surface area (Å²) < 4.78 is 0. The van der Waals surface area contributed by atoms with Crippen LogP contribution >= 0.6 is 11.8 Å². The molecule has 0 aliphatic heterocycles. The number of nitrogens with zero attached hydrogens (tertiary/aromatic N) is 2. The Labute approximate surface area is 117 Å². The lowest BCUT2D eigenvalue weighted by Gasteiger charge is -2.14. The van der Waals surface area contributed by atoms with Crippen LogP contribution in [0.4, 0.5) is 5.82 Å². The third-order valence-corrected chi connectivity index (χ3v) is 3.96. The average molecular weight is 275 g/mol. The van der Waals surface area contributed by atoms with Crippen molar-refractivity contribution in [1.29, 1.82) is 0 Å². The van der Waals surface area contributed by atoms with E-state index < -0.39 is 6.10 Å². The summed E-state index contributed by atoms with van der Waals surface area (Å²) in [5.74, 6) is 1.05. The third kappa shape index (κ3) is 3.68. The van der Waals surface area contributed by atoms with Crippen molar-refractivity contribution in [3.63, 3.8) is 0 Å². The van der Waals surface area contributed by atoms with Crippen molar-refractivity contribution in [3.8, 4) is 11.4 Å². The van der Waals surface area contributed by atoms with Crippen LogP contribution in [0.3, 0.4) is 0 Å². The molecule has 2 aromatic rings. The lowest BCUT2D eigenvalue weighted by molar-refractivity contribution is 0.196. The van der Waals surface area contributed by atoms with Gasteiger partial charge in [-0.05, 0) is 6.92 Å². The maximum atomic E-state index is 9.54. The summed E-state index contributed by atoms with van der Waals surface area (Å²) in [4.78, 5) is 8.73. The predicted molar refractivity (Wildman–Crippen MR) is 78.9 cm³/mol. The van der Waals surface area contributed by atoms with Gasteiger partial charge in [-0.3, -0.25) is 0 Å².